The van der Waals surface area contributed by atoms with Crippen LogP contribution in [-0.2, 0) is 14.8 Å². The molecule has 0 aliphatic heterocycles. The van der Waals surface area contributed by atoms with Crippen molar-refractivity contribution in [3.05, 3.63) is 34.4 Å². The number of nitro benzene ring substituents is 1. The van der Waals surface area contributed by atoms with Gasteiger partial charge in [-0.1, -0.05) is 28.8 Å². The molecule has 1 fully saturated rings. The van der Waals surface area contributed by atoms with Gasteiger partial charge in [-0.05, 0) is 37.8 Å². The molecular weight excluding hydrogens is 412 g/mol. The highest BCUT2D eigenvalue weighted by Crippen LogP contribution is 2.26. The van der Waals surface area contributed by atoms with E-state index in [1.54, 1.807) is 0 Å². The van der Waals surface area contributed by atoms with Crippen molar-refractivity contribution in [1.82, 2.24) is 4.72 Å². The van der Waals surface area contributed by atoms with E-state index >= 15 is 0 Å². The highest BCUT2D eigenvalue weighted by molar-refractivity contribution is 9.09. The summed E-state index contributed by atoms with van der Waals surface area (Å²) in [5.74, 6) is 0. The first-order chi connectivity index (χ1) is 11.9. The summed E-state index contributed by atoms with van der Waals surface area (Å²) in [7, 11) is -3.64. The lowest BCUT2D eigenvalue weighted by Gasteiger charge is -2.27. The second-order valence-corrected chi connectivity index (χ2v) is 9.01. The molecule has 0 unspecified atom stereocenters. The molecule has 0 bridgehead atoms. The van der Waals surface area contributed by atoms with E-state index in [1.165, 1.54) is 37.1 Å². The van der Waals surface area contributed by atoms with E-state index in [4.69, 9.17) is 4.74 Å². The zero-order valence-electron chi connectivity index (χ0n) is 13.9. The number of rotatable bonds is 9. The van der Waals surface area contributed by atoms with Crippen molar-refractivity contribution in [2.75, 3.05) is 13.2 Å². The summed E-state index contributed by atoms with van der Waals surface area (Å²) in [5, 5.41) is 10.6. The summed E-state index contributed by atoms with van der Waals surface area (Å²) in [6, 6.07) is 4.85. The molecule has 0 spiro atoms. The largest absolute Gasteiger partial charge is 0.377 e. The molecule has 7 nitrogen and oxygen atoms in total. The maximum Gasteiger partial charge on any atom is 0.269 e. The second kappa shape index (κ2) is 9.61. The van der Waals surface area contributed by atoms with Gasteiger partial charge in [0.05, 0.1) is 15.9 Å². The molecule has 0 amide bonds. The molecule has 140 valence electrons. The van der Waals surface area contributed by atoms with Gasteiger partial charge in [-0.15, -0.1) is 0 Å². The first kappa shape index (κ1) is 20.3. The molecule has 1 aromatic rings. The predicted molar refractivity (Wildman–Crippen MR) is 98.4 cm³/mol. The second-order valence-electron chi connectivity index (χ2n) is 6.07. The summed E-state index contributed by atoms with van der Waals surface area (Å²) in [5.41, 5.74) is -0.135. The van der Waals surface area contributed by atoms with Gasteiger partial charge in [0.2, 0.25) is 10.0 Å². The van der Waals surface area contributed by atoms with Gasteiger partial charge in [0.25, 0.3) is 5.69 Å². The monoisotopic (exact) mass is 434 g/mol. The average Bonchev–Trinajstić information content (AvgIpc) is 2.59. The van der Waals surface area contributed by atoms with Crippen molar-refractivity contribution in [2.45, 2.75) is 54.4 Å². The lowest BCUT2D eigenvalue weighted by atomic mass is 9.97. The lowest BCUT2D eigenvalue weighted by molar-refractivity contribution is -0.384. The van der Waals surface area contributed by atoms with Crippen molar-refractivity contribution in [3.8, 4) is 0 Å². The van der Waals surface area contributed by atoms with Crippen LogP contribution in [0.25, 0.3) is 0 Å². The van der Waals surface area contributed by atoms with E-state index in [0.717, 1.165) is 19.3 Å². The molecule has 0 saturated heterocycles. The number of alkyl halides is 1. The summed E-state index contributed by atoms with van der Waals surface area (Å²) in [6.07, 6.45) is 6.35. The molecule has 1 aromatic carbocycles. The highest BCUT2D eigenvalue weighted by atomic mass is 79.9. The van der Waals surface area contributed by atoms with Crippen LogP contribution in [0.2, 0.25) is 0 Å². The molecule has 1 aliphatic carbocycles. The van der Waals surface area contributed by atoms with Gasteiger partial charge >= 0.3 is 0 Å². The number of nitrogens with zero attached hydrogens (tertiary/aromatic N) is 1. The number of non-ortho nitro benzene ring substituents is 1. The van der Waals surface area contributed by atoms with Gasteiger partial charge in [-0.2, -0.15) is 0 Å². The first-order valence-electron chi connectivity index (χ1n) is 8.40. The molecule has 0 heterocycles. The number of nitrogens with one attached hydrogen (secondary N) is 1. The first-order valence-corrected chi connectivity index (χ1v) is 10.8. The zero-order valence-corrected chi connectivity index (χ0v) is 16.3. The fourth-order valence-corrected chi connectivity index (χ4v) is 4.55. The third kappa shape index (κ3) is 6.32. The van der Waals surface area contributed by atoms with Crippen molar-refractivity contribution in [2.24, 2.45) is 0 Å². The molecule has 2 rings (SSSR count). The Morgan fingerprint density at radius 2 is 1.88 bits per heavy atom. The Kier molecular flexibility index (Phi) is 7.80. The van der Waals surface area contributed by atoms with Crippen LogP contribution in [-0.4, -0.2) is 37.4 Å². The van der Waals surface area contributed by atoms with Crippen LogP contribution in [0.5, 0.6) is 0 Å². The van der Waals surface area contributed by atoms with Crippen molar-refractivity contribution >= 4 is 31.6 Å². The van der Waals surface area contributed by atoms with Gasteiger partial charge in [0, 0.05) is 30.1 Å². The Hall–Kier alpha value is -1.03. The number of hydrogen-bond donors (Lipinski definition) is 1. The summed E-state index contributed by atoms with van der Waals surface area (Å²) in [6.45, 7) is 0.928. The molecular formula is C16H23BrN2O5S. The van der Waals surface area contributed by atoms with Crippen molar-refractivity contribution in [3.63, 3.8) is 0 Å². The van der Waals surface area contributed by atoms with Gasteiger partial charge in [0.1, 0.15) is 0 Å². The van der Waals surface area contributed by atoms with Crippen LogP contribution in [0.1, 0.15) is 38.5 Å². The minimum atomic E-state index is -3.64. The Labute approximate surface area is 156 Å². The zero-order chi connectivity index (χ0) is 18.3. The van der Waals surface area contributed by atoms with Crippen LogP contribution in [0.15, 0.2) is 29.2 Å². The number of sulfonamides is 1. The minimum Gasteiger partial charge on any atom is -0.377 e. The topological polar surface area (TPSA) is 98.5 Å². The fourth-order valence-electron chi connectivity index (χ4n) is 2.74. The average molecular weight is 435 g/mol. The molecule has 25 heavy (non-hydrogen) atoms. The predicted octanol–water partition coefficient (Wildman–Crippen LogP) is 3.38. The molecule has 9 heteroatoms. The molecule has 0 radical (unpaired) electrons. The Bertz CT molecular complexity index is 666. The van der Waals surface area contributed by atoms with E-state index in [-0.39, 0.29) is 16.7 Å². The molecule has 0 aromatic heterocycles. The number of nitro groups is 1. The van der Waals surface area contributed by atoms with Crippen LogP contribution in [0.4, 0.5) is 5.69 Å². The molecule has 1 N–H and O–H groups in total. The standard InChI is InChI=1S/C16H23BrN2O5S/c17-15-5-1-2-6-16(15)24-12-4-3-11-18-25(22,23)14-9-7-13(8-10-14)19(20)21/h7-10,15-16,18H,1-6,11-12H2/t15-,16-/m0/s1. The van der Waals surface area contributed by atoms with Gasteiger partial charge in [-0.25, -0.2) is 13.1 Å². The summed E-state index contributed by atoms with van der Waals surface area (Å²) >= 11 is 3.64. The molecule has 1 aliphatic rings. The smallest absolute Gasteiger partial charge is 0.269 e. The van der Waals surface area contributed by atoms with Crippen molar-refractivity contribution in [1.29, 1.82) is 0 Å². The summed E-state index contributed by atoms with van der Waals surface area (Å²) in [4.78, 5) is 10.5. The Morgan fingerprint density at radius 1 is 1.20 bits per heavy atom. The van der Waals surface area contributed by atoms with E-state index in [9.17, 15) is 18.5 Å². The normalized spacial score (nSPS) is 21.2. The Balaban J connectivity index is 1.68. The molecule has 2 atom stereocenters. The number of hydrogen-bond acceptors (Lipinski definition) is 5. The highest BCUT2D eigenvalue weighted by Gasteiger charge is 2.23. The number of unbranched alkanes of at least 4 members (excludes halogenated alkanes) is 1. The van der Waals surface area contributed by atoms with E-state index in [2.05, 4.69) is 20.7 Å². The maximum absolute atomic E-state index is 12.1. The van der Waals surface area contributed by atoms with Gasteiger partial charge < -0.3 is 4.74 Å². The van der Waals surface area contributed by atoms with Crippen LogP contribution < -0.4 is 4.72 Å². The van der Waals surface area contributed by atoms with Crippen LogP contribution in [0.3, 0.4) is 0 Å². The number of ether oxygens (including phenoxy) is 1. The number of benzene rings is 1. The SMILES string of the molecule is O=[N+]([O-])c1ccc(S(=O)(=O)NCCCCO[C@H]2CCCC[C@@H]2Br)cc1. The fraction of sp³-hybridized carbons (Fsp3) is 0.625. The minimum absolute atomic E-state index is 0.0266. The third-order valence-corrected chi connectivity index (χ3v) is 6.70. The van der Waals surface area contributed by atoms with Gasteiger partial charge in [-0.3, -0.25) is 10.1 Å². The summed E-state index contributed by atoms with van der Waals surface area (Å²) < 4.78 is 32.6. The number of halogens is 1. The van der Waals surface area contributed by atoms with E-state index < -0.39 is 14.9 Å². The van der Waals surface area contributed by atoms with Crippen LogP contribution in [0, 0.1) is 10.1 Å². The quantitative estimate of drug-likeness (QED) is 0.278. The Morgan fingerprint density at radius 3 is 2.52 bits per heavy atom. The lowest BCUT2D eigenvalue weighted by Crippen LogP contribution is -2.28. The van der Waals surface area contributed by atoms with E-state index in [1.807, 2.05) is 0 Å². The van der Waals surface area contributed by atoms with Crippen molar-refractivity contribution < 1.29 is 18.1 Å². The maximum atomic E-state index is 12.1. The van der Waals surface area contributed by atoms with Gasteiger partial charge in [0.15, 0.2) is 0 Å². The third-order valence-electron chi connectivity index (χ3n) is 4.17. The van der Waals surface area contributed by atoms with Crippen LogP contribution >= 0.6 is 15.9 Å². The molecule has 1 saturated carbocycles. The van der Waals surface area contributed by atoms with E-state index in [0.29, 0.717) is 24.4 Å².